The van der Waals surface area contributed by atoms with E-state index in [1.54, 1.807) is 6.07 Å². The second kappa shape index (κ2) is 5.65. The monoisotopic (exact) mass is 280 g/mol. The minimum Gasteiger partial charge on any atom is -0.468 e. The maximum Gasteiger partial charge on any atom is 0.316 e. The van der Waals surface area contributed by atoms with Gasteiger partial charge in [-0.15, -0.1) is 5.10 Å². The minimum absolute atomic E-state index is 0.158. The third kappa shape index (κ3) is 3.41. The van der Waals surface area contributed by atoms with E-state index in [0.717, 1.165) is 5.69 Å². The lowest BCUT2D eigenvalue weighted by molar-refractivity contribution is -0.137. The van der Waals surface area contributed by atoms with Crippen LogP contribution in [-0.4, -0.2) is 43.6 Å². The highest BCUT2D eigenvalue weighted by Crippen LogP contribution is 2.14. The molecule has 2 N–H and O–H groups in total. The van der Waals surface area contributed by atoms with Crippen LogP contribution in [0.5, 0.6) is 0 Å². The molecular weight excluding hydrogens is 268 g/mol. The van der Waals surface area contributed by atoms with Crippen molar-refractivity contribution < 1.29 is 9.53 Å². The summed E-state index contributed by atoms with van der Waals surface area (Å²) in [6.45, 7) is 1.81. The van der Waals surface area contributed by atoms with Gasteiger partial charge in [0.25, 0.3) is 0 Å². The van der Waals surface area contributed by atoms with Gasteiger partial charge in [0.15, 0.2) is 5.82 Å². The molecule has 0 aromatic carbocycles. The number of aryl methyl sites for hydroxylation is 1. The topological polar surface area (TPSA) is 109 Å². The maximum atomic E-state index is 11.0. The fraction of sp³-hybridized carbons (Fsp3) is 0.300. The normalized spacial score (nSPS) is 10.4. The number of hydrogen-bond donors (Lipinski definition) is 1. The molecule has 8 nitrogen and oxygen atoms in total. The van der Waals surface area contributed by atoms with Crippen LogP contribution in [0.4, 0.5) is 5.95 Å². The van der Waals surface area contributed by atoms with E-state index in [-0.39, 0.29) is 17.7 Å². The molecule has 100 valence electrons. The van der Waals surface area contributed by atoms with Crippen LogP contribution in [0.3, 0.4) is 0 Å². The van der Waals surface area contributed by atoms with Gasteiger partial charge in [-0.1, -0.05) is 11.8 Å². The van der Waals surface area contributed by atoms with Crippen LogP contribution < -0.4 is 5.73 Å². The number of rotatable bonds is 4. The average molecular weight is 280 g/mol. The van der Waals surface area contributed by atoms with Crippen LogP contribution in [0.2, 0.25) is 0 Å². The van der Waals surface area contributed by atoms with Crippen molar-refractivity contribution in [3.63, 3.8) is 0 Å². The summed E-state index contributed by atoms with van der Waals surface area (Å²) in [4.78, 5) is 23.1. The molecule has 0 aliphatic rings. The lowest BCUT2D eigenvalue weighted by atomic mass is 10.4. The first-order valence-electron chi connectivity index (χ1n) is 5.31. The molecule has 0 aliphatic heterocycles. The van der Waals surface area contributed by atoms with Crippen molar-refractivity contribution in [3.05, 3.63) is 18.1 Å². The predicted molar refractivity (Wildman–Crippen MR) is 68.8 cm³/mol. The van der Waals surface area contributed by atoms with Crippen molar-refractivity contribution in [2.45, 2.75) is 12.1 Å². The van der Waals surface area contributed by atoms with Crippen LogP contribution in [0.1, 0.15) is 5.69 Å². The number of methoxy groups -OCH3 is 1. The van der Waals surface area contributed by atoms with Crippen molar-refractivity contribution in [3.8, 4) is 5.82 Å². The van der Waals surface area contributed by atoms with Gasteiger partial charge in [0.1, 0.15) is 6.33 Å². The van der Waals surface area contributed by atoms with Crippen molar-refractivity contribution in [1.82, 2.24) is 24.7 Å². The second-order valence-electron chi connectivity index (χ2n) is 3.56. The number of carbonyl (C=O) groups excluding carboxylic acids is 1. The maximum absolute atomic E-state index is 11.0. The average Bonchev–Trinajstić information content (AvgIpc) is 2.83. The van der Waals surface area contributed by atoms with Crippen molar-refractivity contribution in [2.24, 2.45) is 0 Å². The van der Waals surface area contributed by atoms with Crippen molar-refractivity contribution in [2.75, 3.05) is 18.6 Å². The number of nitrogen functional groups attached to an aromatic ring is 1. The highest BCUT2D eigenvalue weighted by atomic mass is 32.2. The summed E-state index contributed by atoms with van der Waals surface area (Å²) in [5.74, 6) is 0.533. The SMILES string of the molecule is COC(=O)CSc1ncn(-c2cc(C)nc(N)n2)n1. The van der Waals surface area contributed by atoms with E-state index >= 15 is 0 Å². The first-order valence-corrected chi connectivity index (χ1v) is 6.30. The summed E-state index contributed by atoms with van der Waals surface area (Å²) < 4.78 is 6.01. The fourth-order valence-electron chi connectivity index (χ4n) is 1.30. The number of ether oxygens (including phenoxy) is 1. The summed E-state index contributed by atoms with van der Waals surface area (Å²) >= 11 is 1.18. The summed E-state index contributed by atoms with van der Waals surface area (Å²) in [7, 11) is 1.33. The zero-order valence-corrected chi connectivity index (χ0v) is 11.2. The predicted octanol–water partition coefficient (Wildman–Crippen LogP) is 0.213. The Kier molecular flexibility index (Phi) is 3.95. The number of hydrogen-bond acceptors (Lipinski definition) is 8. The van der Waals surface area contributed by atoms with Gasteiger partial charge in [0.05, 0.1) is 12.9 Å². The quantitative estimate of drug-likeness (QED) is 0.625. The van der Waals surface area contributed by atoms with E-state index in [2.05, 4.69) is 24.8 Å². The largest absolute Gasteiger partial charge is 0.468 e. The number of esters is 1. The Labute approximate surface area is 113 Å². The van der Waals surface area contributed by atoms with Crippen LogP contribution in [0, 0.1) is 6.92 Å². The Bertz CT molecular complexity index is 579. The Hall–Kier alpha value is -2.16. The lowest BCUT2D eigenvalue weighted by Crippen LogP contribution is -2.05. The summed E-state index contributed by atoms with van der Waals surface area (Å²) in [5, 5.41) is 4.64. The standard InChI is InChI=1S/C10H12N6O2S/c1-6-3-7(14-9(11)13-6)16-5-12-10(15-16)19-4-8(17)18-2/h3,5H,4H2,1-2H3,(H2,11,13,14). The van der Waals surface area contributed by atoms with Crippen LogP contribution in [0.15, 0.2) is 17.6 Å². The lowest BCUT2D eigenvalue weighted by Gasteiger charge is -2.01. The van der Waals surface area contributed by atoms with E-state index < -0.39 is 0 Å². The molecule has 0 radical (unpaired) electrons. The molecule has 2 aromatic rings. The summed E-state index contributed by atoms with van der Waals surface area (Å²) in [6.07, 6.45) is 1.50. The number of nitrogens with two attached hydrogens (primary N) is 1. The van der Waals surface area contributed by atoms with E-state index in [1.807, 2.05) is 6.92 Å². The molecule has 0 fully saturated rings. The fourth-order valence-corrected chi connectivity index (χ4v) is 1.93. The Morgan fingerprint density at radius 2 is 2.32 bits per heavy atom. The molecule has 9 heteroatoms. The van der Waals surface area contributed by atoms with Crippen LogP contribution in [-0.2, 0) is 9.53 Å². The second-order valence-corrected chi connectivity index (χ2v) is 4.50. The van der Waals surface area contributed by atoms with Gasteiger partial charge in [-0.3, -0.25) is 4.79 Å². The Morgan fingerprint density at radius 3 is 3.00 bits per heavy atom. The number of anilines is 1. The van der Waals surface area contributed by atoms with Crippen LogP contribution >= 0.6 is 11.8 Å². The van der Waals surface area contributed by atoms with Gasteiger partial charge >= 0.3 is 5.97 Å². The molecule has 0 unspecified atom stereocenters. The number of aromatic nitrogens is 5. The summed E-state index contributed by atoms with van der Waals surface area (Å²) in [5.41, 5.74) is 6.31. The van der Waals surface area contributed by atoms with Gasteiger partial charge in [-0.25, -0.2) is 14.6 Å². The van der Waals surface area contributed by atoms with Crippen molar-refractivity contribution in [1.29, 1.82) is 0 Å². The molecule has 2 heterocycles. The van der Waals surface area contributed by atoms with Gasteiger partial charge in [-0.2, -0.15) is 4.98 Å². The molecule has 19 heavy (non-hydrogen) atoms. The van der Waals surface area contributed by atoms with Gasteiger partial charge < -0.3 is 10.5 Å². The molecule has 0 atom stereocenters. The molecular formula is C10H12N6O2S. The highest BCUT2D eigenvalue weighted by Gasteiger charge is 2.08. The molecule has 0 aliphatic carbocycles. The van der Waals surface area contributed by atoms with Gasteiger partial charge in [0, 0.05) is 11.8 Å². The molecule has 0 saturated heterocycles. The smallest absolute Gasteiger partial charge is 0.316 e. The molecule has 0 amide bonds. The van der Waals surface area contributed by atoms with Gasteiger partial charge in [0.2, 0.25) is 11.1 Å². The third-order valence-corrected chi connectivity index (χ3v) is 2.94. The highest BCUT2D eigenvalue weighted by molar-refractivity contribution is 7.99. The third-order valence-electron chi connectivity index (χ3n) is 2.11. The molecule has 0 spiro atoms. The first-order chi connectivity index (χ1) is 9.08. The van der Waals surface area contributed by atoms with Crippen LogP contribution in [0.25, 0.3) is 5.82 Å². The zero-order chi connectivity index (χ0) is 13.8. The van der Waals surface area contributed by atoms with E-state index in [1.165, 1.54) is 29.9 Å². The Morgan fingerprint density at radius 1 is 1.53 bits per heavy atom. The van der Waals surface area contributed by atoms with E-state index in [9.17, 15) is 4.79 Å². The van der Waals surface area contributed by atoms with Gasteiger partial charge in [-0.05, 0) is 6.92 Å². The minimum atomic E-state index is -0.330. The number of nitrogens with zero attached hydrogens (tertiary/aromatic N) is 5. The van der Waals surface area contributed by atoms with E-state index in [4.69, 9.17) is 5.73 Å². The summed E-state index contributed by atoms with van der Waals surface area (Å²) in [6, 6.07) is 1.74. The first kappa shape index (κ1) is 13.3. The molecule has 2 rings (SSSR count). The van der Waals surface area contributed by atoms with E-state index in [0.29, 0.717) is 11.0 Å². The molecule has 0 bridgehead atoms. The Balaban J connectivity index is 2.14. The van der Waals surface area contributed by atoms with Crippen molar-refractivity contribution >= 4 is 23.7 Å². The molecule has 0 saturated carbocycles. The number of thioether (sulfide) groups is 1. The number of carbonyl (C=O) groups is 1. The molecule has 2 aromatic heterocycles. The zero-order valence-electron chi connectivity index (χ0n) is 10.4.